The number of carbonyl (C=O) groups is 1. The van der Waals surface area contributed by atoms with Crippen molar-refractivity contribution in [3.8, 4) is 0 Å². The van der Waals surface area contributed by atoms with Crippen LogP contribution in [0.25, 0.3) is 0 Å². The van der Waals surface area contributed by atoms with Crippen molar-refractivity contribution >= 4 is 17.6 Å². The average molecular weight is 255 g/mol. The topological polar surface area (TPSA) is 42.4 Å². The molecule has 1 atom stereocenters. The van der Waals surface area contributed by atoms with Crippen LogP contribution in [0.1, 0.15) is 18.5 Å². The average Bonchev–Trinajstić information content (AvgIpc) is 2.76. The third-order valence-electron chi connectivity index (χ3n) is 2.97. The number of esters is 1. The Morgan fingerprint density at radius 2 is 2.47 bits per heavy atom. The summed E-state index contributed by atoms with van der Waals surface area (Å²) in [4.78, 5) is 17.9. The summed E-state index contributed by atoms with van der Waals surface area (Å²) < 4.78 is 4.80. The first-order chi connectivity index (χ1) is 8.20. The summed E-state index contributed by atoms with van der Waals surface area (Å²) in [7, 11) is 1.43. The number of carbonyl (C=O) groups excluding carboxylic acids is 1. The van der Waals surface area contributed by atoms with Gasteiger partial charge in [-0.3, -0.25) is 9.69 Å². The normalized spacial score (nSPS) is 20.5. The summed E-state index contributed by atoms with van der Waals surface area (Å²) >= 11 is 5.84. The molecule has 92 valence electrons. The predicted molar refractivity (Wildman–Crippen MR) is 64.7 cm³/mol. The second-order valence-corrected chi connectivity index (χ2v) is 4.49. The van der Waals surface area contributed by atoms with E-state index >= 15 is 0 Å². The van der Waals surface area contributed by atoms with Crippen LogP contribution in [-0.4, -0.2) is 35.5 Å². The molecular formula is C12H15ClN2O2. The number of methoxy groups -OCH3 is 1. The SMILES string of the molecule is COC(=O)C1CCCN1Cc1cccc(Cl)n1. The van der Waals surface area contributed by atoms with Crippen molar-refractivity contribution in [2.45, 2.75) is 25.4 Å². The van der Waals surface area contributed by atoms with Crippen molar-refractivity contribution in [2.24, 2.45) is 0 Å². The number of halogens is 1. The molecule has 0 spiro atoms. The second kappa shape index (κ2) is 5.47. The van der Waals surface area contributed by atoms with Crippen molar-refractivity contribution in [1.82, 2.24) is 9.88 Å². The molecule has 0 aromatic carbocycles. The summed E-state index contributed by atoms with van der Waals surface area (Å²) in [5.74, 6) is -0.162. The van der Waals surface area contributed by atoms with E-state index in [0.717, 1.165) is 25.1 Å². The largest absolute Gasteiger partial charge is 0.468 e. The van der Waals surface area contributed by atoms with Gasteiger partial charge >= 0.3 is 5.97 Å². The molecule has 0 aliphatic carbocycles. The number of pyridine rings is 1. The monoisotopic (exact) mass is 254 g/mol. The molecule has 2 heterocycles. The molecule has 0 saturated carbocycles. The van der Waals surface area contributed by atoms with Gasteiger partial charge in [0.15, 0.2) is 0 Å². The van der Waals surface area contributed by atoms with Gasteiger partial charge in [-0.25, -0.2) is 4.98 Å². The predicted octanol–water partition coefficient (Wildman–Crippen LogP) is 1.87. The molecule has 4 nitrogen and oxygen atoms in total. The Morgan fingerprint density at radius 1 is 1.65 bits per heavy atom. The van der Waals surface area contributed by atoms with Crippen LogP contribution >= 0.6 is 11.6 Å². The maximum Gasteiger partial charge on any atom is 0.323 e. The van der Waals surface area contributed by atoms with Gasteiger partial charge in [-0.15, -0.1) is 0 Å². The fourth-order valence-electron chi connectivity index (χ4n) is 2.16. The highest BCUT2D eigenvalue weighted by Gasteiger charge is 2.31. The Labute approximate surface area is 106 Å². The first kappa shape index (κ1) is 12.3. The molecule has 0 N–H and O–H groups in total. The van der Waals surface area contributed by atoms with E-state index < -0.39 is 0 Å². The smallest absolute Gasteiger partial charge is 0.323 e. The van der Waals surface area contributed by atoms with Crippen LogP contribution in [0, 0.1) is 0 Å². The quantitative estimate of drug-likeness (QED) is 0.610. The van der Waals surface area contributed by atoms with Gasteiger partial charge in [-0.05, 0) is 31.5 Å². The van der Waals surface area contributed by atoms with E-state index in [1.807, 2.05) is 12.1 Å². The molecule has 1 aromatic heterocycles. The molecule has 0 amide bonds. The van der Waals surface area contributed by atoms with Gasteiger partial charge in [0.25, 0.3) is 0 Å². The van der Waals surface area contributed by atoms with Gasteiger partial charge in [0.05, 0.1) is 12.8 Å². The first-order valence-electron chi connectivity index (χ1n) is 5.64. The molecule has 1 unspecified atom stereocenters. The summed E-state index contributed by atoms with van der Waals surface area (Å²) in [6, 6.07) is 5.39. The summed E-state index contributed by atoms with van der Waals surface area (Å²) in [5.41, 5.74) is 0.883. The zero-order chi connectivity index (χ0) is 12.3. The highest BCUT2D eigenvalue weighted by molar-refractivity contribution is 6.29. The Morgan fingerprint density at radius 3 is 3.18 bits per heavy atom. The van der Waals surface area contributed by atoms with Crippen molar-refractivity contribution in [1.29, 1.82) is 0 Å². The van der Waals surface area contributed by atoms with Gasteiger partial charge in [0.1, 0.15) is 11.2 Å². The Hall–Kier alpha value is -1.13. The second-order valence-electron chi connectivity index (χ2n) is 4.10. The van der Waals surface area contributed by atoms with Crippen LogP contribution in [0.2, 0.25) is 5.15 Å². The molecular weight excluding hydrogens is 240 g/mol. The fraction of sp³-hybridized carbons (Fsp3) is 0.500. The molecule has 5 heteroatoms. The zero-order valence-corrected chi connectivity index (χ0v) is 10.5. The lowest BCUT2D eigenvalue weighted by Crippen LogP contribution is -2.36. The molecule has 17 heavy (non-hydrogen) atoms. The van der Waals surface area contributed by atoms with E-state index in [-0.39, 0.29) is 12.0 Å². The van der Waals surface area contributed by atoms with Crippen molar-refractivity contribution in [3.05, 3.63) is 29.0 Å². The van der Waals surface area contributed by atoms with E-state index in [1.54, 1.807) is 6.07 Å². The number of rotatable bonds is 3. The van der Waals surface area contributed by atoms with Crippen molar-refractivity contribution in [2.75, 3.05) is 13.7 Å². The van der Waals surface area contributed by atoms with Crippen LogP contribution in [0.3, 0.4) is 0 Å². The summed E-state index contributed by atoms with van der Waals surface area (Å²) in [5, 5.41) is 0.483. The van der Waals surface area contributed by atoms with Gasteiger partial charge in [0, 0.05) is 6.54 Å². The van der Waals surface area contributed by atoms with Crippen molar-refractivity contribution < 1.29 is 9.53 Å². The van der Waals surface area contributed by atoms with Gasteiger partial charge in [0.2, 0.25) is 0 Å². The van der Waals surface area contributed by atoms with E-state index in [4.69, 9.17) is 16.3 Å². The van der Waals surface area contributed by atoms with Crippen LogP contribution < -0.4 is 0 Å². The fourth-order valence-corrected chi connectivity index (χ4v) is 2.35. The third kappa shape index (κ3) is 2.96. The van der Waals surface area contributed by atoms with E-state index in [2.05, 4.69) is 9.88 Å². The highest BCUT2D eigenvalue weighted by Crippen LogP contribution is 2.20. The number of ether oxygens (including phenoxy) is 1. The van der Waals surface area contributed by atoms with Crippen LogP contribution in [0.5, 0.6) is 0 Å². The number of hydrogen-bond acceptors (Lipinski definition) is 4. The summed E-state index contributed by atoms with van der Waals surface area (Å²) in [6.45, 7) is 1.54. The number of likely N-dealkylation sites (tertiary alicyclic amines) is 1. The minimum Gasteiger partial charge on any atom is -0.468 e. The molecule has 0 radical (unpaired) electrons. The van der Waals surface area contributed by atoms with Gasteiger partial charge in [-0.2, -0.15) is 0 Å². The van der Waals surface area contributed by atoms with Crippen LogP contribution in [0.4, 0.5) is 0 Å². The van der Waals surface area contributed by atoms with Gasteiger partial charge in [-0.1, -0.05) is 17.7 Å². The van der Waals surface area contributed by atoms with E-state index in [0.29, 0.717) is 11.7 Å². The molecule has 2 rings (SSSR count). The summed E-state index contributed by atoms with van der Waals surface area (Å²) in [6.07, 6.45) is 1.87. The molecule has 1 aromatic rings. The maximum atomic E-state index is 11.6. The third-order valence-corrected chi connectivity index (χ3v) is 3.19. The lowest BCUT2D eigenvalue weighted by molar-refractivity contribution is -0.146. The lowest BCUT2D eigenvalue weighted by Gasteiger charge is -2.21. The Balaban J connectivity index is 2.05. The number of hydrogen-bond donors (Lipinski definition) is 0. The standard InChI is InChI=1S/C12H15ClN2O2/c1-17-12(16)10-5-3-7-15(10)8-9-4-2-6-11(13)14-9/h2,4,6,10H,3,5,7-8H2,1H3. The molecule has 1 fully saturated rings. The molecule has 1 aliphatic heterocycles. The maximum absolute atomic E-state index is 11.6. The molecule has 1 aliphatic rings. The minimum atomic E-state index is -0.162. The van der Waals surface area contributed by atoms with E-state index in [1.165, 1.54) is 7.11 Å². The van der Waals surface area contributed by atoms with Crippen LogP contribution in [-0.2, 0) is 16.1 Å². The lowest BCUT2D eigenvalue weighted by atomic mass is 10.2. The molecule has 0 bridgehead atoms. The van der Waals surface area contributed by atoms with Gasteiger partial charge < -0.3 is 4.74 Å². The van der Waals surface area contributed by atoms with Crippen LogP contribution in [0.15, 0.2) is 18.2 Å². The number of nitrogens with zero attached hydrogens (tertiary/aromatic N) is 2. The van der Waals surface area contributed by atoms with Crippen molar-refractivity contribution in [3.63, 3.8) is 0 Å². The minimum absolute atomic E-state index is 0.138. The number of aromatic nitrogens is 1. The first-order valence-corrected chi connectivity index (χ1v) is 6.02. The Bertz CT molecular complexity index is 411. The zero-order valence-electron chi connectivity index (χ0n) is 9.73. The molecule has 1 saturated heterocycles. The Kier molecular flexibility index (Phi) is 3.97. The van der Waals surface area contributed by atoms with E-state index in [9.17, 15) is 4.79 Å². The highest BCUT2D eigenvalue weighted by atomic mass is 35.5.